The summed E-state index contributed by atoms with van der Waals surface area (Å²) in [6.07, 6.45) is 8.93. The molecule has 1 aromatic rings. The van der Waals surface area contributed by atoms with Crippen molar-refractivity contribution in [2.45, 2.75) is 123 Å². The highest BCUT2D eigenvalue weighted by molar-refractivity contribution is 6.09. The van der Waals surface area contributed by atoms with Crippen LogP contribution in [0.25, 0.3) is 0 Å². The Labute approximate surface area is 265 Å². The first-order chi connectivity index (χ1) is 21.2. The molecule has 6 aliphatic carbocycles. The minimum absolute atomic E-state index is 0.0655. The number of ether oxygens (including phenoxy) is 2. The Bertz CT molecular complexity index is 1570. The number of hydrogen-bond acceptors (Lipinski definition) is 7. The molecule has 1 aromatic carbocycles. The van der Waals surface area contributed by atoms with E-state index in [9.17, 15) is 24.3 Å². The van der Waals surface area contributed by atoms with Gasteiger partial charge >= 0.3 is 11.9 Å². The SMILES string of the molecule is CC1=C2C(=CC(C)(C)[C@@H]2OC(=O)CCCC(=O)Oc2ccc3c(c2)CCC2C3CC[C@]3(C)C(=O)CCC23)C(=O)[C@](C)(O)C12CC2. The zero-order valence-electron chi connectivity index (χ0n) is 27.3. The molecule has 0 saturated heterocycles. The number of carbonyl (C=O) groups is 4. The van der Waals surface area contributed by atoms with Gasteiger partial charge < -0.3 is 14.6 Å². The molecule has 6 atom stereocenters. The average Bonchev–Trinajstić information content (AvgIpc) is 3.69. The highest BCUT2D eigenvalue weighted by atomic mass is 16.5. The second kappa shape index (κ2) is 10.2. The molecule has 0 heterocycles. The zero-order chi connectivity index (χ0) is 32.1. The van der Waals surface area contributed by atoms with Crippen LogP contribution < -0.4 is 4.74 Å². The van der Waals surface area contributed by atoms with Crippen molar-refractivity contribution in [2.75, 3.05) is 0 Å². The van der Waals surface area contributed by atoms with Gasteiger partial charge in [-0.25, -0.2) is 0 Å². The van der Waals surface area contributed by atoms with E-state index in [1.54, 1.807) is 6.92 Å². The lowest BCUT2D eigenvalue weighted by molar-refractivity contribution is -0.151. The number of aryl methyl sites for hydroxylation is 1. The van der Waals surface area contributed by atoms with Crippen LogP contribution in [-0.4, -0.2) is 40.3 Å². The largest absolute Gasteiger partial charge is 0.457 e. The van der Waals surface area contributed by atoms with E-state index in [4.69, 9.17) is 9.47 Å². The molecule has 45 heavy (non-hydrogen) atoms. The summed E-state index contributed by atoms with van der Waals surface area (Å²) in [5.74, 6) is 1.42. The maximum Gasteiger partial charge on any atom is 0.311 e. The molecular weight excluding hydrogens is 568 g/mol. The topological polar surface area (TPSA) is 107 Å². The highest BCUT2D eigenvalue weighted by Gasteiger charge is 2.66. The first kappa shape index (κ1) is 30.6. The lowest BCUT2D eigenvalue weighted by Gasteiger charge is -2.48. The second-order valence-electron chi connectivity index (χ2n) is 15.8. The van der Waals surface area contributed by atoms with Crippen molar-refractivity contribution in [3.63, 3.8) is 0 Å². The molecule has 7 heteroatoms. The summed E-state index contributed by atoms with van der Waals surface area (Å²) in [5.41, 5.74) is 2.01. The Morgan fingerprint density at radius 2 is 1.69 bits per heavy atom. The minimum Gasteiger partial charge on any atom is -0.457 e. The zero-order valence-corrected chi connectivity index (χ0v) is 27.3. The fourth-order valence-electron chi connectivity index (χ4n) is 10.1. The lowest BCUT2D eigenvalue weighted by Crippen LogP contribution is -2.50. The van der Waals surface area contributed by atoms with Crippen LogP contribution in [0.3, 0.4) is 0 Å². The summed E-state index contributed by atoms with van der Waals surface area (Å²) in [5, 5.41) is 11.1. The Morgan fingerprint density at radius 3 is 2.42 bits per heavy atom. The molecule has 0 aromatic heterocycles. The minimum atomic E-state index is -1.45. The van der Waals surface area contributed by atoms with E-state index >= 15 is 0 Å². The normalized spacial score (nSPS) is 35.3. The number of fused-ring (bicyclic) bond motifs is 6. The van der Waals surface area contributed by atoms with Crippen molar-refractivity contribution in [3.8, 4) is 5.75 Å². The fourth-order valence-corrected chi connectivity index (χ4v) is 10.1. The molecule has 3 saturated carbocycles. The van der Waals surface area contributed by atoms with E-state index in [-0.39, 0.29) is 30.0 Å². The van der Waals surface area contributed by atoms with Crippen molar-refractivity contribution in [2.24, 2.45) is 28.1 Å². The monoisotopic (exact) mass is 614 g/mol. The molecule has 0 bridgehead atoms. The molecule has 0 aliphatic heterocycles. The van der Waals surface area contributed by atoms with Crippen LogP contribution >= 0.6 is 0 Å². The molecule has 0 radical (unpaired) electrons. The standard InChI is InChI=1S/C38H46O7/c1-21-32-27(33(42)37(5,43)38(21)17-18-38)20-35(2,3)34(32)45-31(41)8-6-7-30(40)44-23-10-12-24-22(19-23)9-11-26-25(24)15-16-36(4)28(26)13-14-29(36)39/h10,12,19-20,25-26,28,34,43H,6-9,11,13-18H2,1-5H3/t25?,26?,28?,34-,36+,37+/m1/s1. The van der Waals surface area contributed by atoms with E-state index < -0.39 is 28.5 Å². The molecule has 6 aliphatic rings. The third-order valence-corrected chi connectivity index (χ3v) is 12.9. The summed E-state index contributed by atoms with van der Waals surface area (Å²) in [4.78, 5) is 51.7. The summed E-state index contributed by atoms with van der Waals surface area (Å²) in [7, 11) is 0. The van der Waals surface area contributed by atoms with Crippen LogP contribution in [0.15, 0.2) is 41.0 Å². The van der Waals surface area contributed by atoms with Gasteiger partial charge in [0.15, 0.2) is 5.78 Å². The third kappa shape index (κ3) is 4.54. The van der Waals surface area contributed by atoms with E-state index in [2.05, 4.69) is 13.0 Å². The van der Waals surface area contributed by atoms with Gasteiger partial charge in [-0.15, -0.1) is 0 Å². The van der Waals surface area contributed by atoms with Gasteiger partial charge in [-0.3, -0.25) is 19.2 Å². The van der Waals surface area contributed by atoms with Crippen LogP contribution in [-0.2, 0) is 30.3 Å². The Morgan fingerprint density at radius 1 is 0.956 bits per heavy atom. The number of Topliss-reactive ketones (excluding diaryl/α,β-unsaturated/α-hetero) is 2. The number of benzene rings is 1. The Kier molecular flexibility index (Phi) is 6.95. The van der Waals surface area contributed by atoms with Gasteiger partial charge in [0.05, 0.1) is 0 Å². The molecule has 240 valence electrons. The fraction of sp³-hybridized carbons (Fsp3) is 0.632. The number of ketones is 2. The van der Waals surface area contributed by atoms with E-state index in [0.29, 0.717) is 41.3 Å². The molecule has 1 spiro atoms. The van der Waals surface area contributed by atoms with Crippen LogP contribution in [0.2, 0.25) is 0 Å². The van der Waals surface area contributed by atoms with Crippen molar-refractivity contribution in [1.29, 1.82) is 0 Å². The number of rotatable bonds is 6. The maximum atomic E-state index is 13.3. The van der Waals surface area contributed by atoms with Crippen LogP contribution in [0.4, 0.5) is 0 Å². The number of aliphatic hydroxyl groups is 1. The highest BCUT2D eigenvalue weighted by Crippen LogP contribution is 2.66. The first-order valence-corrected chi connectivity index (χ1v) is 17.0. The van der Waals surface area contributed by atoms with Gasteiger partial charge in [-0.05, 0) is 106 Å². The predicted octanol–water partition coefficient (Wildman–Crippen LogP) is 6.50. The third-order valence-electron chi connectivity index (χ3n) is 12.9. The van der Waals surface area contributed by atoms with Crippen LogP contribution in [0.5, 0.6) is 5.75 Å². The van der Waals surface area contributed by atoms with Crippen molar-refractivity contribution < 1.29 is 33.8 Å². The summed E-state index contributed by atoms with van der Waals surface area (Å²) < 4.78 is 11.7. The van der Waals surface area contributed by atoms with E-state index in [1.807, 2.05) is 39.0 Å². The molecule has 3 unspecified atom stereocenters. The smallest absolute Gasteiger partial charge is 0.311 e. The Hall–Kier alpha value is -3.06. The van der Waals surface area contributed by atoms with E-state index in [0.717, 1.165) is 62.5 Å². The van der Waals surface area contributed by atoms with Gasteiger partial charge in [-0.2, -0.15) is 0 Å². The number of hydrogen-bond donors (Lipinski definition) is 1. The van der Waals surface area contributed by atoms with Crippen LogP contribution in [0.1, 0.15) is 116 Å². The molecule has 1 N–H and O–H groups in total. The number of esters is 2. The van der Waals surface area contributed by atoms with Crippen molar-refractivity contribution >= 4 is 23.5 Å². The van der Waals surface area contributed by atoms with Gasteiger partial charge in [0.1, 0.15) is 23.2 Å². The van der Waals surface area contributed by atoms with Gasteiger partial charge in [0.2, 0.25) is 0 Å². The molecule has 7 nitrogen and oxygen atoms in total. The molecule has 3 fully saturated rings. The summed E-state index contributed by atoms with van der Waals surface area (Å²) >= 11 is 0. The molecular formula is C38H46O7. The van der Waals surface area contributed by atoms with E-state index in [1.165, 1.54) is 11.1 Å². The average molecular weight is 615 g/mol. The molecule has 0 amide bonds. The van der Waals surface area contributed by atoms with Gasteiger partial charge in [-0.1, -0.05) is 38.5 Å². The maximum absolute atomic E-state index is 13.3. The predicted molar refractivity (Wildman–Crippen MR) is 167 cm³/mol. The first-order valence-electron chi connectivity index (χ1n) is 17.0. The Balaban J connectivity index is 0.944. The van der Waals surface area contributed by atoms with Gasteiger partial charge in [0.25, 0.3) is 0 Å². The quantitative estimate of drug-likeness (QED) is 0.288. The van der Waals surface area contributed by atoms with Crippen molar-refractivity contribution in [1.82, 2.24) is 0 Å². The number of carbonyl (C=O) groups excluding carboxylic acids is 4. The second-order valence-corrected chi connectivity index (χ2v) is 15.8. The van der Waals surface area contributed by atoms with Crippen LogP contribution in [0, 0.1) is 28.1 Å². The summed E-state index contributed by atoms with van der Waals surface area (Å²) in [6.45, 7) is 9.64. The molecule has 7 rings (SSSR count). The van der Waals surface area contributed by atoms with Crippen molar-refractivity contribution in [3.05, 3.63) is 52.1 Å². The summed E-state index contributed by atoms with van der Waals surface area (Å²) in [6, 6.07) is 6.01. The lowest BCUT2D eigenvalue weighted by atomic mass is 9.55. The van der Waals surface area contributed by atoms with Gasteiger partial charge in [0, 0.05) is 46.7 Å².